The molecule has 7 nitrogen and oxygen atoms in total. The molecule has 5 heterocycles. The highest BCUT2D eigenvalue weighted by Crippen LogP contribution is 2.40. The van der Waals surface area contributed by atoms with Gasteiger partial charge >= 0.3 is 0 Å². The quantitative estimate of drug-likeness (QED) is 0.175. The SMILES string of the molecule is c1ccc(-c2cc3ccc4c(c5ccccc5n4-c4ccc(-c5nc(-c6ccncc6)nc(-c6ccc(-c7ccncc7)cc6)n5)cc4)c3o2)cc1. The predicted molar refractivity (Wildman–Crippen MR) is 207 cm³/mol. The summed E-state index contributed by atoms with van der Waals surface area (Å²) in [7, 11) is 0. The normalized spacial score (nSPS) is 11.5. The van der Waals surface area contributed by atoms with Gasteiger partial charge in [-0.2, -0.15) is 0 Å². The Labute approximate surface area is 298 Å². The molecule has 5 aromatic heterocycles. The van der Waals surface area contributed by atoms with Crippen LogP contribution in [0.4, 0.5) is 0 Å². The highest BCUT2D eigenvalue weighted by Gasteiger charge is 2.19. The van der Waals surface area contributed by atoms with E-state index in [9.17, 15) is 0 Å². The number of aromatic nitrogens is 6. The Hall–Kier alpha value is -7.25. The molecule has 0 unspecified atom stereocenters. The summed E-state index contributed by atoms with van der Waals surface area (Å²) in [6, 6.07) is 49.7. The van der Waals surface area contributed by atoms with Crippen LogP contribution in [0.3, 0.4) is 0 Å². The van der Waals surface area contributed by atoms with Crippen molar-refractivity contribution in [1.29, 1.82) is 0 Å². The Morgan fingerprint density at radius 2 is 0.962 bits per heavy atom. The number of benzene rings is 5. The van der Waals surface area contributed by atoms with Crippen molar-refractivity contribution in [1.82, 2.24) is 29.5 Å². The molecule has 0 spiro atoms. The minimum Gasteiger partial charge on any atom is -0.455 e. The van der Waals surface area contributed by atoms with E-state index in [2.05, 4.69) is 118 Å². The molecule has 244 valence electrons. The van der Waals surface area contributed by atoms with Gasteiger partial charge < -0.3 is 8.98 Å². The van der Waals surface area contributed by atoms with Gasteiger partial charge in [0.15, 0.2) is 17.5 Å². The Morgan fingerprint density at radius 3 is 1.63 bits per heavy atom. The van der Waals surface area contributed by atoms with Crippen LogP contribution in [0.15, 0.2) is 175 Å². The van der Waals surface area contributed by atoms with Crippen molar-refractivity contribution in [2.45, 2.75) is 0 Å². The third kappa shape index (κ3) is 5.11. The molecular weight excluding hydrogens is 641 g/mol. The van der Waals surface area contributed by atoms with Crippen LogP contribution in [0.2, 0.25) is 0 Å². The van der Waals surface area contributed by atoms with Gasteiger partial charge in [0, 0.05) is 63.5 Å². The van der Waals surface area contributed by atoms with E-state index in [1.807, 2.05) is 42.5 Å². The summed E-state index contributed by atoms with van der Waals surface area (Å²) in [6.07, 6.45) is 7.10. The molecule has 0 saturated heterocycles. The molecule has 10 aromatic rings. The summed E-state index contributed by atoms with van der Waals surface area (Å²) in [4.78, 5) is 23.2. The molecule has 52 heavy (non-hydrogen) atoms. The number of nitrogens with zero attached hydrogens (tertiary/aromatic N) is 6. The summed E-state index contributed by atoms with van der Waals surface area (Å²) in [5, 5.41) is 3.31. The molecule has 0 aliphatic rings. The predicted octanol–water partition coefficient (Wildman–Crippen LogP) is 10.8. The largest absolute Gasteiger partial charge is 0.455 e. The summed E-state index contributed by atoms with van der Waals surface area (Å²) >= 11 is 0. The van der Waals surface area contributed by atoms with Crippen LogP contribution < -0.4 is 0 Å². The fraction of sp³-hybridized carbons (Fsp3) is 0. The van der Waals surface area contributed by atoms with Crippen LogP contribution in [0.25, 0.3) is 95.1 Å². The molecule has 0 aliphatic carbocycles. The maximum Gasteiger partial charge on any atom is 0.164 e. The average molecular weight is 669 g/mol. The first-order valence-corrected chi connectivity index (χ1v) is 17.1. The Morgan fingerprint density at radius 1 is 0.423 bits per heavy atom. The van der Waals surface area contributed by atoms with Crippen molar-refractivity contribution in [3.8, 4) is 62.3 Å². The minimum absolute atomic E-state index is 0.587. The van der Waals surface area contributed by atoms with E-state index < -0.39 is 0 Å². The molecule has 0 N–H and O–H groups in total. The van der Waals surface area contributed by atoms with Gasteiger partial charge in [0.2, 0.25) is 0 Å². The van der Waals surface area contributed by atoms with Crippen LogP contribution in [-0.2, 0) is 0 Å². The zero-order valence-corrected chi connectivity index (χ0v) is 27.8. The molecule has 5 aromatic carbocycles. The Kier molecular flexibility index (Phi) is 6.99. The van der Waals surface area contributed by atoms with Gasteiger partial charge in [-0.05, 0) is 83.9 Å². The second-order valence-corrected chi connectivity index (χ2v) is 12.6. The lowest BCUT2D eigenvalue weighted by Crippen LogP contribution is -2.00. The number of para-hydroxylation sites is 1. The van der Waals surface area contributed by atoms with E-state index in [0.717, 1.165) is 77.6 Å². The van der Waals surface area contributed by atoms with E-state index in [1.54, 1.807) is 24.8 Å². The fourth-order valence-electron chi connectivity index (χ4n) is 6.95. The molecule has 0 fully saturated rings. The van der Waals surface area contributed by atoms with Gasteiger partial charge in [-0.25, -0.2) is 15.0 Å². The van der Waals surface area contributed by atoms with Gasteiger partial charge in [-0.3, -0.25) is 9.97 Å². The number of hydrogen-bond acceptors (Lipinski definition) is 6. The van der Waals surface area contributed by atoms with Crippen LogP contribution in [-0.4, -0.2) is 29.5 Å². The lowest BCUT2D eigenvalue weighted by atomic mass is 10.0. The van der Waals surface area contributed by atoms with Gasteiger partial charge in [0.1, 0.15) is 11.3 Å². The van der Waals surface area contributed by atoms with Crippen molar-refractivity contribution in [3.63, 3.8) is 0 Å². The summed E-state index contributed by atoms with van der Waals surface area (Å²) in [5.41, 5.74) is 10.0. The monoisotopic (exact) mass is 668 g/mol. The maximum atomic E-state index is 6.58. The second kappa shape index (κ2) is 12.3. The molecule has 10 rings (SSSR count). The topological polar surface area (TPSA) is 82.5 Å². The molecule has 0 aliphatic heterocycles. The zero-order chi connectivity index (χ0) is 34.4. The van der Waals surface area contributed by atoms with E-state index in [1.165, 1.54) is 0 Å². The van der Waals surface area contributed by atoms with Crippen molar-refractivity contribution >= 4 is 32.8 Å². The highest BCUT2D eigenvalue weighted by atomic mass is 16.3. The molecule has 0 saturated carbocycles. The smallest absolute Gasteiger partial charge is 0.164 e. The van der Waals surface area contributed by atoms with Crippen molar-refractivity contribution in [2.75, 3.05) is 0 Å². The summed E-state index contributed by atoms with van der Waals surface area (Å²) in [5.74, 6) is 2.64. The number of furan rings is 1. The van der Waals surface area contributed by atoms with Crippen molar-refractivity contribution in [3.05, 3.63) is 170 Å². The van der Waals surface area contributed by atoms with E-state index in [-0.39, 0.29) is 0 Å². The molecular formula is C45H28N6O. The number of fused-ring (bicyclic) bond motifs is 5. The van der Waals surface area contributed by atoms with E-state index in [0.29, 0.717) is 17.5 Å². The second-order valence-electron chi connectivity index (χ2n) is 12.6. The van der Waals surface area contributed by atoms with E-state index in [4.69, 9.17) is 19.4 Å². The average Bonchev–Trinajstić information content (AvgIpc) is 3.82. The molecule has 7 heteroatoms. The molecule has 0 amide bonds. The first kappa shape index (κ1) is 29.6. The number of rotatable bonds is 6. The fourth-order valence-corrected chi connectivity index (χ4v) is 6.95. The van der Waals surface area contributed by atoms with Gasteiger partial charge in [-0.1, -0.05) is 72.8 Å². The van der Waals surface area contributed by atoms with Gasteiger partial charge in [0.05, 0.1) is 16.4 Å². The van der Waals surface area contributed by atoms with Crippen LogP contribution in [0, 0.1) is 0 Å². The number of hydrogen-bond donors (Lipinski definition) is 0. The summed E-state index contributed by atoms with van der Waals surface area (Å²) < 4.78 is 8.88. The maximum absolute atomic E-state index is 6.58. The van der Waals surface area contributed by atoms with Crippen molar-refractivity contribution in [2.24, 2.45) is 0 Å². The zero-order valence-electron chi connectivity index (χ0n) is 27.8. The van der Waals surface area contributed by atoms with Crippen LogP contribution >= 0.6 is 0 Å². The third-order valence-corrected chi connectivity index (χ3v) is 9.49. The standard InChI is InChI=1S/C45H28N6O/c1-2-6-31(7-3-1)40-28-35-16-19-39-41(42(35)52-40)37-8-4-5-9-38(37)51(39)36-17-14-33(15-18-36)44-48-43(49-45(50-44)34-22-26-47-27-23-34)32-12-10-29(11-13-32)30-20-24-46-25-21-30/h1-28H. The molecule has 0 atom stereocenters. The first-order chi connectivity index (χ1) is 25.8. The Bertz CT molecular complexity index is 2870. The first-order valence-electron chi connectivity index (χ1n) is 17.1. The lowest BCUT2D eigenvalue weighted by Gasteiger charge is -2.11. The lowest BCUT2D eigenvalue weighted by molar-refractivity contribution is 0.635. The minimum atomic E-state index is 0.587. The molecule has 0 radical (unpaired) electrons. The third-order valence-electron chi connectivity index (χ3n) is 9.49. The van der Waals surface area contributed by atoms with E-state index >= 15 is 0 Å². The summed E-state index contributed by atoms with van der Waals surface area (Å²) in [6.45, 7) is 0. The number of pyridine rings is 2. The Balaban J connectivity index is 1.07. The van der Waals surface area contributed by atoms with Gasteiger partial charge in [-0.15, -0.1) is 0 Å². The van der Waals surface area contributed by atoms with Crippen LogP contribution in [0.1, 0.15) is 0 Å². The highest BCUT2D eigenvalue weighted by molar-refractivity contribution is 6.20. The van der Waals surface area contributed by atoms with Crippen LogP contribution in [0.5, 0.6) is 0 Å². The van der Waals surface area contributed by atoms with Gasteiger partial charge in [0.25, 0.3) is 0 Å². The molecule has 0 bridgehead atoms. The van der Waals surface area contributed by atoms with Crippen molar-refractivity contribution < 1.29 is 4.42 Å².